The Balaban J connectivity index is 2.11. The molecule has 1 aliphatic heterocycles. The van der Waals surface area contributed by atoms with E-state index in [0.717, 1.165) is 25.9 Å². The van der Waals surface area contributed by atoms with Crippen LogP contribution in [0.4, 0.5) is 0 Å². The van der Waals surface area contributed by atoms with E-state index in [2.05, 4.69) is 4.98 Å². The van der Waals surface area contributed by atoms with Crippen molar-refractivity contribution in [3.05, 3.63) is 45.2 Å². The molecule has 0 saturated carbocycles. The highest BCUT2D eigenvalue weighted by Crippen LogP contribution is 2.16. The predicted octanol–water partition coefficient (Wildman–Crippen LogP) is 2.42. The number of carbonyl (C=O) groups excluding carboxylic acids is 1. The third-order valence-electron chi connectivity index (χ3n) is 3.47. The molecule has 5 heteroatoms. The molecule has 19 heavy (non-hydrogen) atoms. The third kappa shape index (κ3) is 2.12. The van der Waals surface area contributed by atoms with Gasteiger partial charge in [-0.1, -0.05) is 11.6 Å². The number of halogens is 1. The predicted molar refractivity (Wildman–Crippen MR) is 74.7 cm³/mol. The summed E-state index contributed by atoms with van der Waals surface area (Å²) in [6, 6.07) is 5.04. The molecule has 4 nitrogen and oxygen atoms in total. The van der Waals surface area contributed by atoms with Crippen LogP contribution in [0.1, 0.15) is 23.2 Å². The summed E-state index contributed by atoms with van der Waals surface area (Å²) in [7, 11) is 0. The lowest BCUT2D eigenvalue weighted by Gasteiger charge is -2.14. The molecule has 0 unspecified atom stereocenters. The number of hydrogen-bond donors (Lipinski definition) is 1. The summed E-state index contributed by atoms with van der Waals surface area (Å²) in [6.07, 6.45) is 3.51. The van der Waals surface area contributed by atoms with Crippen molar-refractivity contribution in [2.45, 2.75) is 12.8 Å². The van der Waals surface area contributed by atoms with E-state index >= 15 is 0 Å². The van der Waals surface area contributed by atoms with E-state index in [9.17, 15) is 9.59 Å². The van der Waals surface area contributed by atoms with Gasteiger partial charge in [-0.3, -0.25) is 9.59 Å². The number of nitrogens with one attached hydrogen (secondary N) is 1. The minimum Gasteiger partial charge on any atom is -0.360 e. The van der Waals surface area contributed by atoms with E-state index in [0.29, 0.717) is 15.9 Å². The number of aromatic amines is 1. The number of carbonyl (C=O) groups is 1. The number of benzene rings is 1. The lowest BCUT2D eigenvalue weighted by atomic mass is 10.1. The van der Waals surface area contributed by atoms with Crippen LogP contribution in [0.3, 0.4) is 0 Å². The fourth-order valence-corrected chi connectivity index (χ4v) is 2.61. The van der Waals surface area contributed by atoms with Crippen molar-refractivity contribution < 1.29 is 4.79 Å². The summed E-state index contributed by atoms with van der Waals surface area (Å²) in [5.74, 6) is -0.194. The van der Waals surface area contributed by atoms with E-state index < -0.39 is 0 Å². The monoisotopic (exact) mass is 276 g/mol. The van der Waals surface area contributed by atoms with Crippen LogP contribution in [0.5, 0.6) is 0 Å². The molecule has 2 heterocycles. The summed E-state index contributed by atoms with van der Waals surface area (Å²) >= 11 is 5.90. The normalized spacial score (nSPS) is 15.1. The van der Waals surface area contributed by atoms with E-state index in [4.69, 9.17) is 11.6 Å². The molecule has 1 aromatic heterocycles. The molecule has 98 valence electrons. The summed E-state index contributed by atoms with van der Waals surface area (Å²) in [4.78, 5) is 29.3. The van der Waals surface area contributed by atoms with Crippen LogP contribution in [0.2, 0.25) is 5.02 Å². The molecular weight excluding hydrogens is 264 g/mol. The Kier molecular flexibility index (Phi) is 3.03. The zero-order valence-electron chi connectivity index (χ0n) is 10.3. The number of rotatable bonds is 1. The fraction of sp³-hybridized carbons (Fsp3) is 0.286. The van der Waals surface area contributed by atoms with E-state index in [1.54, 1.807) is 23.1 Å². The molecule has 1 aromatic carbocycles. The van der Waals surface area contributed by atoms with Gasteiger partial charge in [0.1, 0.15) is 5.56 Å². The summed E-state index contributed by atoms with van der Waals surface area (Å²) < 4.78 is 0. The van der Waals surface area contributed by atoms with Gasteiger partial charge < -0.3 is 9.88 Å². The van der Waals surface area contributed by atoms with Crippen LogP contribution in [-0.2, 0) is 0 Å². The number of H-pyrrole nitrogens is 1. The second-order valence-corrected chi connectivity index (χ2v) is 5.16. The second-order valence-electron chi connectivity index (χ2n) is 4.72. The number of amides is 1. The van der Waals surface area contributed by atoms with Crippen molar-refractivity contribution in [2.24, 2.45) is 0 Å². The largest absolute Gasteiger partial charge is 0.360 e. The first-order chi connectivity index (χ1) is 9.16. The minimum absolute atomic E-state index is 0.191. The molecule has 1 N–H and O–H groups in total. The van der Waals surface area contributed by atoms with Crippen LogP contribution in [0, 0.1) is 0 Å². The van der Waals surface area contributed by atoms with Gasteiger partial charge in [0.05, 0.1) is 0 Å². The first-order valence-corrected chi connectivity index (χ1v) is 6.65. The van der Waals surface area contributed by atoms with E-state index in [1.165, 1.54) is 6.20 Å². The van der Waals surface area contributed by atoms with Crippen molar-refractivity contribution >= 4 is 28.4 Å². The van der Waals surface area contributed by atoms with Crippen molar-refractivity contribution in [1.29, 1.82) is 0 Å². The fourth-order valence-electron chi connectivity index (χ4n) is 2.44. The van der Waals surface area contributed by atoms with E-state index in [1.807, 2.05) is 0 Å². The highest BCUT2D eigenvalue weighted by atomic mass is 35.5. The number of hydrogen-bond acceptors (Lipinski definition) is 2. The highest BCUT2D eigenvalue weighted by molar-refractivity contribution is 6.31. The number of pyridine rings is 1. The summed E-state index contributed by atoms with van der Waals surface area (Å²) in [5, 5.41) is 0.946. The van der Waals surface area contributed by atoms with Gasteiger partial charge in [0.2, 0.25) is 5.43 Å². The molecule has 1 aliphatic rings. The van der Waals surface area contributed by atoms with Gasteiger partial charge in [-0.05, 0) is 31.0 Å². The Morgan fingerprint density at radius 3 is 2.74 bits per heavy atom. The second kappa shape index (κ2) is 4.70. The molecule has 3 rings (SSSR count). The van der Waals surface area contributed by atoms with Crippen molar-refractivity contribution in [3.63, 3.8) is 0 Å². The molecule has 1 fully saturated rings. The van der Waals surface area contributed by atoms with Gasteiger partial charge in [0.15, 0.2) is 0 Å². The van der Waals surface area contributed by atoms with Crippen LogP contribution >= 0.6 is 11.6 Å². The van der Waals surface area contributed by atoms with Gasteiger partial charge in [0.25, 0.3) is 5.91 Å². The number of likely N-dealkylation sites (tertiary alicyclic amines) is 1. The summed E-state index contributed by atoms with van der Waals surface area (Å²) in [6.45, 7) is 1.46. The minimum atomic E-state index is -0.256. The maximum absolute atomic E-state index is 12.4. The van der Waals surface area contributed by atoms with Crippen LogP contribution in [0.25, 0.3) is 10.9 Å². The first-order valence-electron chi connectivity index (χ1n) is 6.27. The first kappa shape index (κ1) is 12.2. The molecular formula is C14H13ClN2O2. The lowest BCUT2D eigenvalue weighted by molar-refractivity contribution is 0.0791. The maximum Gasteiger partial charge on any atom is 0.259 e. The third-order valence-corrected chi connectivity index (χ3v) is 3.70. The summed E-state index contributed by atoms with van der Waals surface area (Å²) in [5.41, 5.74) is 0.622. The quantitative estimate of drug-likeness (QED) is 0.870. The zero-order valence-corrected chi connectivity index (χ0v) is 11.0. The van der Waals surface area contributed by atoms with Gasteiger partial charge in [-0.25, -0.2) is 0 Å². The highest BCUT2D eigenvalue weighted by Gasteiger charge is 2.22. The molecule has 2 aromatic rings. The average molecular weight is 277 g/mol. The molecule has 0 aliphatic carbocycles. The average Bonchev–Trinajstić information content (AvgIpc) is 2.93. The molecule has 0 radical (unpaired) electrons. The molecule has 1 saturated heterocycles. The molecule has 0 bridgehead atoms. The van der Waals surface area contributed by atoms with Crippen molar-refractivity contribution in [3.8, 4) is 0 Å². The topological polar surface area (TPSA) is 53.2 Å². The van der Waals surface area contributed by atoms with E-state index in [-0.39, 0.29) is 16.9 Å². The smallest absolute Gasteiger partial charge is 0.259 e. The zero-order chi connectivity index (χ0) is 13.4. The Hall–Kier alpha value is -1.81. The standard InChI is InChI=1S/C14H13ClN2O2/c15-9-3-4-12-10(7-9)13(18)11(8-16-12)14(19)17-5-1-2-6-17/h3-4,7-8H,1-2,5-6H2,(H,16,18). The maximum atomic E-state index is 12.4. The Morgan fingerprint density at radius 2 is 2.00 bits per heavy atom. The number of nitrogens with zero attached hydrogens (tertiary/aromatic N) is 1. The lowest BCUT2D eigenvalue weighted by Crippen LogP contribution is -2.31. The molecule has 0 atom stereocenters. The molecule has 0 spiro atoms. The number of fused-ring (bicyclic) bond motifs is 1. The van der Waals surface area contributed by atoms with Crippen molar-refractivity contribution in [2.75, 3.05) is 13.1 Å². The van der Waals surface area contributed by atoms with Gasteiger partial charge in [-0.2, -0.15) is 0 Å². The Bertz CT molecular complexity index is 702. The molecule has 1 amide bonds. The Labute approximate surface area is 115 Å². The van der Waals surface area contributed by atoms with Gasteiger partial charge in [-0.15, -0.1) is 0 Å². The SMILES string of the molecule is O=C(c1c[nH]c2ccc(Cl)cc2c1=O)N1CCCC1. The van der Waals surface area contributed by atoms with Gasteiger partial charge >= 0.3 is 0 Å². The Morgan fingerprint density at radius 1 is 1.26 bits per heavy atom. The van der Waals surface area contributed by atoms with Crippen LogP contribution < -0.4 is 5.43 Å². The van der Waals surface area contributed by atoms with Gasteiger partial charge in [0, 0.05) is 35.2 Å². The van der Waals surface area contributed by atoms with Crippen molar-refractivity contribution in [1.82, 2.24) is 9.88 Å². The number of aromatic nitrogens is 1. The van der Waals surface area contributed by atoms with Crippen LogP contribution in [-0.4, -0.2) is 28.9 Å². The van der Waals surface area contributed by atoms with Crippen LogP contribution in [0.15, 0.2) is 29.2 Å².